The zero-order chi connectivity index (χ0) is 21.9. The molecule has 2 fully saturated rings. The molecule has 2 atom stereocenters. The van der Waals surface area contributed by atoms with Gasteiger partial charge < -0.3 is 14.5 Å². The van der Waals surface area contributed by atoms with Gasteiger partial charge in [-0.05, 0) is 44.4 Å². The number of likely N-dealkylation sites (N-methyl/N-ethyl adjacent to an activating group) is 1. The third-order valence-corrected chi connectivity index (χ3v) is 7.39. The molecule has 0 radical (unpaired) electrons. The molecule has 0 saturated carbocycles. The summed E-state index contributed by atoms with van der Waals surface area (Å²) in [6.07, 6.45) is 0.848. The van der Waals surface area contributed by atoms with Gasteiger partial charge in [-0.3, -0.25) is 9.59 Å². The largest absolute Gasteiger partial charge is 0.449 e. The zero-order valence-corrected chi connectivity index (χ0v) is 18.2. The van der Waals surface area contributed by atoms with Gasteiger partial charge in [0.15, 0.2) is 15.9 Å². The lowest BCUT2D eigenvalue weighted by molar-refractivity contribution is -0.141. The average molecular weight is 437 g/mol. The van der Waals surface area contributed by atoms with E-state index in [0.717, 1.165) is 18.5 Å². The van der Waals surface area contributed by atoms with Crippen LogP contribution in [0.2, 0.25) is 0 Å². The third kappa shape index (κ3) is 5.19. The first-order valence-electron chi connectivity index (χ1n) is 10.3. The number of carbonyl (C=O) groups is 3. The number of nitrogens with zero attached hydrogens (tertiary/aromatic N) is 2. The Morgan fingerprint density at radius 1 is 1.27 bits per heavy atom. The summed E-state index contributed by atoms with van der Waals surface area (Å²) in [6, 6.07) is 6.42. The number of hydrogen-bond acceptors (Lipinski definition) is 6. The smallest absolute Gasteiger partial charge is 0.338 e. The Labute approximate surface area is 177 Å². The Balaban J connectivity index is 1.57. The minimum absolute atomic E-state index is 0.0474. The summed E-state index contributed by atoms with van der Waals surface area (Å²) in [4.78, 5) is 40.2. The summed E-state index contributed by atoms with van der Waals surface area (Å²) in [5, 5.41) is 0. The van der Waals surface area contributed by atoms with Gasteiger partial charge in [0, 0.05) is 32.1 Å². The van der Waals surface area contributed by atoms with Crippen LogP contribution in [0.4, 0.5) is 0 Å². The van der Waals surface area contributed by atoms with Gasteiger partial charge in [0.1, 0.15) is 0 Å². The van der Waals surface area contributed by atoms with Gasteiger partial charge in [0.05, 0.1) is 17.1 Å². The van der Waals surface area contributed by atoms with Crippen molar-refractivity contribution < 1.29 is 27.5 Å². The Kier molecular flexibility index (Phi) is 6.80. The molecule has 0 aromatic heterocycles. The van der Waals surface area contributed by atoms with E-state index in [9.17, 15) is 22.8 Å². The van der Waals surface area contributed by atoms with Gasteiger partial charge in [0.25, 0.3) is 5.91 Å². The van der Waals surface area contributed by atoms with Crippen molar-refractivity contribution in [2.75, 3.05) is 24.6 Å². The van der Waals surface area contributed by atoms with Gasteiger partial charge in [-0.25, -0.2) is 13.2 Å². The monoisotopic (exact) mass is 436 g/mol. The topological polar surface area (TPSA) is 101 Å². The van der Waals surface area contributed by atoms with Crippen molar-refractivity contribution in [3.8, 4) is 0 Å². The van der Waals surface area contributed by atoms with Crippen LogP contribution in [0.1, 0.15) is 49.0 Å². The van der Waals surface area contributed by atoms with E-state index in [1.165, 1.54) is 11.8 Å². The number of ether oxygens (including phenoxy) is 1. The van der Waals surface area contributed by atoms with Crippen molar-refractivity contribution >= 4 is 27.6 Å². The normalized spacial score (nSPS) is 21.5. The molecule has 2 heterocycles. The number of carbonyl (C=O) groups excluding carboxylic acids is 3. The summed E-state index contributed by atoms with van der Waals surface area (Å²) in [6.45, 7) is 4.89. The van der Waals surface area contributed by atoms with Crippen molar-refractivity contribution in [3.05, 3.63) is 35.4 Å². The quantitative estimate of drug-likeness (QED) is 0.599. The summed E-state index contributed by atoms with van der Waals surface area (Å²) >= 11 is 0. The maximum atomic E-state index is 12.7. The van der Waals surface area contributed by atoms with Gasteiger partial charge in [0.2, 0.25) is 5.91 Å². The lowest BCUT2D eigenvalue weighted by atomic mass is 10.1. The fourth-order valence-electron chi connectivity index (χ4n) is 3.97. The number of hydrogen-bond donors (Lipinski definition) is 0. The summed E-state index contributed by atoms with van der Waals surface area (Å²) in [7, 11) is -3.12. The van der Waals surface area contributed by atoms with Crippen LogP contribution in [0, 0.1) is 0 Å². The zero-order valence-electron chi connectivity index (χ0n) is 17.4. The van der Waals surface area contributed by atoms with Crippen LogP contribution in [-0.2, 0) is 30.7 Å². The molecule has 2 aliphatic rings. The van der Waals surface area contributed by atoms with E-state index in [2.05, 4.69) is 0 Å². The van der Waals surface area contributed by atoms with Crippen LogP contribution in [0.25, 0.3) is 0 Å². The van der Waals surface area contributed by atoms with Crippen LogP contribution in [0.5, 0.6) is 0 Å². The molecule has 2 aliphatic heterocycles. The highest BCUT2D eigenvalue weighted by Crippen LogP contribution is 2.20. The molecule has 0 spiro atoms. The van der Waals surface area contributed by atoms with Crippen molar-refractivity contribution in [2.24, 2.45) is 0 Å². The second-order valence-corrected chi connectivity index (χ2v) is 10.1. The molecule has 2 saturated heterocycles. The molecule has 2 amide bonds. The standard InChI is InChI=1S/C21H28N2O6S/c1-3-23(18-10-12-30(27,28)14-18)20(25)15(2)29-21(26)17-8-6-16(7-9-17)13-22-11-4-5-19(22)24/h6-9,15,18H,3-5,10-14H2,1-2H3/t15-,18-/m1/s1. The first kappa shape index (κ1) is 22.3. The number of benzene rings is 1. The predicted octanol–water partition coefficient (Wildman–Crippen LogP) is 1.39. The second kappa shape index (κ2) is 9.16. The highest BCUT2D eigenvalue weighted by Gasteiger charge is 2.36. The first-order valence-corrected chi connectivity index (χ1v) is 12.1. The van der Waals surface area contributed by atoms with E-state index < -0.39 is 27.8 Å². The van der Waals surface area contributed by atoms with Gasteiger partial charge in [-0.2, -0.15) is 0 Å². The average Bonchev–Trinajstić information content (AvgIpc) is 3.27. The molecule has 1 aromatic rings. The number of esters is 1. The fraction of sp³-hybridized carbons (Fsp3) is 0.571. The van der Waals surface area contributed by atoms with Crippen molar-refractivity contribution in [1.29, 1.82) is 0 Å². The molecule has 1 aromatic carbocycles. The molecule has 0 aliphatic carbocycles. The molecule has 0 bridgehead atoms. The minimum atomic E-state index is -3.12. The predicted molar refractivity (Wildman–Crippen MR) is 110 cm³/mol. The second-order valence-electron chi connectivity index (χ2n) is 7.84. The molecule has 164 valence electrons. The molecule has 9 heteroatoms. The Morgan fingerprint density at radius 2 is 1.97 bits per heavy atom. The number of amides is 2. The summed E-state index contributed by atoms with van der Waals surface area (Å²) in [5.74, 6) is -0.840. The third-order valence-electron chi connectivity index (χ3n) is 5.64. The minimum Gasteiger partial charge on any atom is -0.449 e. The van der Waals surface area contributed by atoms with E-state index in [1.807, 2.05) is 0 Å². The highest BCUT2D eigenvalue weighted by atomic mass is 32.2. The number of rotatable bonds is 7. The van der Waals surface area contributed by atoms with Crippen LogP contribution in [0.3, 0.4) is 0 Å². The maximum absolute atomic E-state index is 12.7. The lowest BCUT2D eigenvalue weighted by Crippen LogP contribution is -2.46. The van der Waals surface area contributed by atoms with Crippen LogP contribution < -0.4 is 0 Å². The Morgan fingerprint density at radius 3 is 2.50 bits per heavy atom. The highest BCUT2D eigenvalue weighted by molar-refractivity contribution is 7.91. The van der Waals surface area contributed by atoms with Crippen molar-refractivity contribution in [1.82, 2.24) is 9.80 Å². The summed E-state index contributed by atoms with van der Waals surface area (Å²) in [5.41, 5.74) is 1.24. The fourth-order valence-corrected chi connectivity index (χ4v) is 5.70. The van der Waals surface area contributed by atoms with E-state index in [1.54, 1.807) is 36.1 Å². The van der Waals surface area contributed by atoms with Crippen molar-refractivity contribution in [3.63, 3.8) is 0 Å². The molecular weight excluding hydrogens is 408 g/mol. The number of likely N-dealkylation sites (tertiary alicyclic amines) is 1. The molecule has 0 N–H and O–H groups in total. The molecule has 8 nitrogen and oxygen atoms in total. The number of sulfone groups is 1. The van der Waals surface area contributed by atoms with E-state index >= 15 is 0 Å². The van der Waals surface area contributed by atoms with Crippen LogP contribution in [-0.4, -0.2) is 72.7 Å². The van der Waals surface area contributed by atoms with E-state index in [4.69, 9.17) is 4.74 Å². The molecule has 30 heavy (non-hydrogen) atoms. The lowest BCUT2D eigenvalue weighted by Gasteiger charge is -2.29. The van der Waals surface area contributed by atoms with Gasteiger partial charge >= 0.3 is 5.97 Å². The van der Waals surface area contributed by atoms with E-state index in [-0.39, 0.29) is 23.5 Å². The first-order chi connectivity index (χ1) is 14.2. The van der Waals surface area contributed by atoms with Crippen LogP contribution >= 0.6 is 0 Å². The molecular formula is C21H28N2O6S. The van der Waals surface area contributed by atoms with Gasteiger partial charge in [-0.15, -0.1) is 0 Å². The summed E-state index contributed by atoms with van der Waals surface area (Å²) < 4.78 is 28.8. The molecule has 0 unspecified atom stereocenters. The Hall–Kier alpha value is -2.42. The Bertz CT molecular complexity index is 912. The van der Waals surface area contributed by atoms with Gasteiger partial charge in [-0.1, -0.05) is 12.1 Å². The van der Waals surface area contributed by atoms with E-state index in [0.29, 0.717) is 31.5 Å². The maximum Gasteiger partial charge on any atom is 0.338 e. The molecule has 3 rings (SSSR count). The van der Waals surface area contributed by atoms with Crippen LogP contribution in [0.15, 0.2) is 24.3 Å². The SMILES string of the molecule is CCN(C(=O)[C@@H](C)OC(=O)c1ccc(CN2CCCC2=O)cc1)[C@@H]1CCS(=O)(=O)C1. The van der Waals surface area contributed by atoms with Crippen molar-refractivity contribution in [2.45, 2.75) is 51.8 Å².